The van der Waals surface area contributed by atoms with Crippen molar-refractivity contribution in [2.24, 2.45) is 0 Å². The standard InChI is InChI=1S/C13H13N3S2/c1-8-3-4-10-11(5-8)18-13(16-10)15-7-12-14-6-9(2)17-12/h3-6H,7H2,1-2H3,(H,15,16). The average molecular weight is 275 g/mol. The molecule has 0 fully saturated rings. The molecule has 5 heteroatoms. The fourth-order valence-electron chi connectivity index (χ4n) is 1.74. The summed E-state index contributed by atoms with van der Waals surface area (Å²) in [7, 11) is 0. The lowest BCUT2D eigenvalue weighted by Gasteiger charge is -1.97. The van der Waals surface area contributed by atoms with Crippen LogP contribution in [0.3, 0.4) is 0 Å². The Morgan fingerprint density at radius 2 is 2.11 bits per heavy atom. The van der Waals surface area contributed by atoms with Gasteiger partial charge in [0.25, 0.3) is 0 Å². The molecular weight excluding hydrogens is 262 g/mol. The van der Waals surface area contributed by atoms with Crippen LogP contribution >= 0.6 is 22.7 Å². The molecule has 1 N–H and O–H groups in total. The summed E-state index contributed by atoms with van der Waals surface area (Å²) < 4.78 is 1.23. The van der Waals surface area contributed by atoms with E-state index >= 15 is 0 Å². The molecule has 0 saturated heterocycles. The molecule has 1 aromatic carbocycles. The molecule has 0 spiro atoms. The molecule has 3 nitrogen and oxygen atoms in total. The van der Waals surface area contributed by atoms with E-state index in [4.69, 9.17) is 0 Å². The lowest BCUT2D eigenvalue weighted by Crippen LogP contribution is -1.97. The second-order valence-electron chi connectivity index (χ2n) is 4.21. The third-order valence-electron chi connectivity index (χ3n) is 2.60. The van der Waals surface area contributed by atoms with Crippen molar-refractivity contribution >= 4 is 38.0 Å². The highest BCUT2D eigenvalue weighted by Gasteiger charge is 2.04. The van der Waals surface area contributed by atoms with Crippen molar-refractivity contribution in [3.8, 4) is 0 Å². The van der Waals surface area contributed by atoms with E-state index in [1.165, 1.54) is 15.1 Å². The van der Waals surface area contributed by atoms with Gasteiger partial charge in [-0.25, -0.2) is 9.97 Å². The van der Waals surface area contributed by atoms with E-state index in [0.29, 0.717) is 0 Å². The summed E-state index contributed by atoms with van der Waals surface area (Å²) in [5.41, 5.74) is 2.33. The molecule has 0 unspecified atom stereocenters. The Labute approximate surface area is 114 Å². The van der Waals surface area contributed by atoms with Gasteiger partial charge in [0.05, 0.1) is 16.8 Å². The van der Waals surface area contributed by atoms with Crippen molar-refractivity contribution in [2.45, 2.75) is 20.4 Å². The number of anilines is 1. The zero-order valence-electron chi connectivity index (χ0n) is 10.2. The van der Waals surface area contributed by atoms with Gasteiger partial charge in [0.2, 0.25) is 0 Å². The Morgan fingerprint density at radius 3 is 2.89 bits per heavy atom. The van der Waals surface area contributed by atoms with E-state index < -0.39 is 0 Å². The summed E-state index contributed by atoms with van der Waals surface area (Å²) >= 11 is 3.41. The van der Waals surface area contributed by atoms with Crippen LogP contribution in [0.15, 0.2) is 24.4 Å². The van der Waals surface area contributed by atoms with E-state index in [1.807, 2.05) is 6.20 Å². The summed E-state index contributed by atoms with van der Waals surface area (Å²) in [5, 5.41) is 5.40. The zero-order valence-corrected chi connectivity index (χ0v) is 11.9. The average Bonchev–Trinajstić information content (AvgIpc) is 2.92. The zero-order chi connectivity index (χ0) is 12.5. The lowest BCUT2D eigenvalue weighted by molar-refractivity contribution is 1.10. The van der Waals surface area contributed by atoms with E-state index in [-0.39, 0.29) is 0 Å². The minimum Gasteiger partial charge on any atom is -0.355 e. The molecule has 0 radical (unpaired) electrons. The largest absolute Gasteiger partial charge is 0.355 e. The van der Waals surface area contributed by atoms with E-state index in [9.17, 15) is 0 Å². The summed E-state index contributed by atoms with van der Waals surface area (Å²) in [6.07, 6.45) is 1.91. The van der Waals surface area contributed by atoms with Crippen LogP contribution in [0.4, 0.5) is 5.13 Å². The Hall–Kier alpha value is -1.46. The van der Waals surface area contributed by atoms with Gasteiger partial charge in [-0.15, -0.1) is 11.3 Å². The maximum Gasteiger partial charge on any atom is 0.184 e. The number of rotatable bonds is 3. The van der Waals surface area contributed by atoms with Gasteiger partial charge in [0, 0.05) is 11.1 Å². The Kier molecular flexibility index (Phi) is 3.01. The highest BCUT2D eigenvalue weighted by Crippen LogP contribution is 2.27. The third kappa shape index (κ3) is 2.37. The fraction of sp³-hybridized carbons (Fsp3) is 0.231. The number of fused-ring (bicyclic) bond motifs is 1. The smallest absolute Gasteiger partial charge is 0.184 e. The van der Waals surface area contributed by atoms with Gasteiger partial charge in [0.1, 0.15) is 5.01 Å². The van der Waals surface area contributed by atoms with Crippen molar-refractivity contribution in [1.29, 1.82) is 0 Å². The Bertz CT molecular complexity index is 684. The molecule has 18 heavy (non-hydrogen) atoms. The van der Waals surface area contributed by atoms with E-state index in [2.05, 4.69) is 47.3 Å². The highest BCUT2D eigenvalue weighted by molar-refractivity contribution is 7.22. The quantitative estimate of drug-likeness (QED) is 0.785. The molecule has 0 amide bonds. The molecule has 0 aliphatic carbocycles. The number of hydrogen-bond donors (Lipinski definition) is 1. The van der Waals surface area contributed by atoms with Gasteiger partial charge in [0.15, 0.2) is 5.13 Å². The molecule has 0 saturated carbocycles. The number of aryl methyl sites for hydroxylation is 2. The summed E-state index contributed by atoms with van der Waals surface area (Å²) in [6, 6.07) is 6.33. The second-order valence-corrected chi connectivity index (χ2v) is 6.56. The number of nitrogens with zero attached hydrogens (tertiary/aromatic N) is 2. The van der Waals surface area contributed by atoms with Crippen LogP contribution in [-0.2, 0) is 6.54 Å². The predicted octanol–water partition coefficient (Wildman–Crippen LogP) is 3.98. The van der Waals surface area contributed by atoms with Crippen molar-refractivity contribution in [1.82, 2.24) is 9.97 Å². The fourth-order valence-corrected chi connectivity index (χ4v) is 3.43. The molecule has 0 bridgehead atoms. The summed E-state index contributed by atoms with van der Waals surface area (Å²) in [4.78, 5) is 10.1. The number of thiazole rings is 2. The van der Waals surface area contributed by atoms with Crippen LogP contribution in [-0.4, -0.2) is 9.97 Å². The molecular formula is C13H13N3S2. The van der Waals surface area contributed by atoms with Crippen LogP contribution in [0.5, 0.6) is 0 Å². The summed E-state index contributed by atoms with van der Waals surface area (Å²) in [6.45, 7) is 4.92. The van der Waals surface area contributed by atoms with Crippen LogP contribution in [0, 0.1) is 13.8 Å². The van der Waals surface area contributed by atoms with E-state index in [0.717, 1.165) is 22.2 Å². The first-order valence-corrected chi connectivity index (χ1v) is 7.36. The van der Waals surface area contributed by atoms with Gasteiger partial charge < -0.3 is 5.32 Å². The molecule has 2 heterocycles. The first-order valence-electron chi connectivity index (χ1n) is 5.73. The Balaban J connectivity index is 1.78. The first kappa shape index (κ1) is 11.6. The molecule has 0 atom stereocenters. The number of hydrogen-bond acceptors (Lipinski definition) is 5. The molecule has 92 valence electrons. The molecule has 2 aromatic heterocycles. The monoisotopic (exact) mass is 275 g/mol. The lowest BCUT2D eigenvalue weighted by atomic mass is 10.2. The second kappa shape index (κ2) is 4.66. The number of aromatic nitrogens is 2. The maximum atomic E-state index is 4.56. The van der Waals surface area contributed by atoms with Crippen molar-refractivity contribution in [3.05, 3.63) is 39.8 Å². The van der Waals surface area contributed by atoms with Gasteiger partial charge in [-0.2, -0.15) is 0 Å². The predicted molar refractivity (Wildman–Crippen MR) is 78.5 cm³/mol. The number of benzene rings is 1. The summed E-state index contributed by atoms with van der Waals surface area (Å²) in [5.74, 6) is 0. The minimum atomic E-state index is 0.747. The molecule has 0 aliphatic rings. The van der Waals surface area contributed by atoms with Gasteiger partial charge >= 0.3 is 0 Å². The molecule has 3 rings (SSSR count). The van der Waals surface area contributed by atoms with Gasteiger partial charge in [-0.05, 0) is 31.5 Å². The molecule has 3 aromatic rings. The molecule has 0 aliphatic heterocycles. The minimum absolute atomic E-state index is 0.747. The van der Waals surface area contributed by atoms with Crippen molar-refractivity contribution in [3.63, 3.8) is 0 Å². The Morgan fingerprint density at radius 1 is 1.22 bits per heavy atom. The third-order valence-corrected chi connectivity index (χ3v) is 4.49. The van der Waals surface area contributed by atoms with Crippen molar-refractivity contribution in [2.75, 3.05) is 5.32 Å². The highest BCUT2D eigenvalue weighted by atomic mass is 32.1. The van der Waals surface area contributed by atoms with E-state index in [1.54, 1.807) is 22.7 Å². The maximum absolute atomic E-state index is 4.56. The SMILES string of the molecule is Cc1ccc2nc(NCc3ncc(C)s3)sc2c1. The van der Waals surface area contributed by atoms with Gasteiger partial charge in [-0.1, -0.05) is 17.4 Å². The van der Waals surface area contributed by atoms with Crippen LogP contribution < -0.4 is 5.32 Å². The van der Waals surface area contributed by atoms with Crippen LogP contribution in [0.1, 0.15) is 15.4 Å². The van der Waals surface area contributed by atoms with Crippen LogP contribution in [0.2, 0.25) is 0 Å². The van der Waals surface area contributed by atoms with Gasteiger partial charge in [-0.3, -0.25) is 0 Å². The normalized spacial score (nSPS) is 11.0. The first-order chi connectivity index (χ1) is 8.70. The van der Waals surface area contributed by atoms with Crippen molar-refractivity contribution < 1.29 is 0 Å². The topological polar surface area (TPSA) is 37.8 Å². The van der Waals surface area contributed by atoms with Crippen LogP contribution in [0.25, 0.3) is 10.2 Å². The number of nitrogens with one attached hydrogen (secondary N) is 1.